The molecule has 0 amide bonds. The van der Waals surface area contributed by atoms with Crippen molar-refractivity contribution in [2.45, 2.75) is 13.0 Å². The topological polar surface area (TPSA) is 88.1 Å². The second-order valence-corrected chi connectivity index (χ2v) is 5.94. The third kappa shape index (κ3) is 3.37. The maximum Gasteiger partial charge on any atom is 0.341 e. The first-order valence-corrected chi connectivity index (χ1v) is 8.04. The molecular formula is C17H16F2N4O4. The summed E-state index contributed by atoms with van der Waals surface area (Å²) in [5, 5.41) is 0. The number of nitrogens with zero attached hydrogens (tertiary/aromatic N) is 4. The number of rotatable bonds is 5. The third-order valence-electron chi connectivity index (χ3n) is 4.11. The van der Waals surface area contributed by atoms with Crippen LogP contribution in [0, 0.1) is 11.6 Å². The molecule has 3 rings (SSSR count). The number of fused-ring (bicyclic) bond motifs is 1. The minimum atomic E-state index is -1.02. The number of imidazole rings is 1. The van der Waals surface area contributed by atoms with E-state index in [0.29, 0.717) is 6.07 Å². The Kier molecular flexibility index (Phi) is 4.89. The van der Waals surface area contributed by atoms with Gasteiger partial charge < -0.3 is 9.30 Å². The number of halogens is 2. The molecule has 2 heterocycles. The maximum absolute atomic E-state index is 13.5. The Morgan fingerprint density at radius 1 is 1.22 bits per heavy atom. The Morgan fingerprint density at radius 2 is 1.96 bits per heavy atom. The molecule has 0 atom stereocenters. The largest absolute Gasteiger partial charge is 0.462 e. The Morgan fingerprint density at radius 3 is 2.67 bits per heavy atom. The van der Waals surface area contributed by atoms with Crippen LogP contribution in [0.1, 0.15) is 16.8 Å². The highest BCUT2D eigenvalue weighted by molar-refractivity contribution is 5.89. The first kappa shape index (κ1) is 18.5. The predicted molar refractivity (Wildman–Crippen MR) is 91.5 cm³/mol. The van der Waals surface area contributed by atoms with Gasteiger partial charge in [0, 0.05) is 26.7 Å². The van der Waals surface area contributed by atoms with Crippen molar-refractivity contribution in [1.29, 1.82) is 0 Å². The summed E-state index contributed by atoms with van der Waals surface area (Å²) >= 11 is 0. The van der Waals surface area contributed by atoms with E-state index in [0.717, 1.165) is 16.7 Å². The van der Waals surface area contributed by atoms with Crippen molar-refractivity contribution in [2.75, 3.05) is 6.61 Å². The van der Waals surface area contributed by atoms with Gasteiger partial charge in [0.1, 0.15) is 11.6 Å². The second kappa shape index (κ2) is 7.14. The number of hydrogen-bond acceptors (Lipinski definition) is 5. The number of esters is 1. The van der Waals surface area contributed by atoms with E-state index in [4.69, 9.17) is 4.74 Å². The lowest BCUT2D eigenvalue weighted by Crippen LogP contribution is -2.39. The first-order chi connectivity index (χ1) is 12.8. The van der Waals surface area contributed by atoms with Crippen LogP contribution in [0.4, 0.5) is 8.78 Å². The third-order valence-corrected chi connectivity index (χ3v) is 4.11. The van der Waals surface area contributed by atoms with Gasteiger partial charge in [-0.2, -0.15) is 0 Å². The number of carbonyl (C=O) groups excluding carboxylic acids is 1. The monoisotopic (exact) mass is 378 g/mol. The molecule has 0 unspecified atom stereocenters. The number of ether oxygens (including phenoxy) is 1. The van der Waals surface area contributed by atoms with Crippen LogP contribution in [0.25, 0.3) is 11.2 Å². The van der Waals surface area contributed by atoms with E-state index >= 15 is 0 Å². The average molecular weight is 378 g/mol. The van der Waals surface area contributed by atoms with Crippen molar-refractivity contribution in [3.63, 3.8) is 0 Å². The minimum Gasteiger partial charge on any atom is -0.462 e. The van der Waals surface area contributed by atoms with Crippen molar-refractivity contribution < 1.29 is 18.3 Å². The molecule has 0 saturated heterocycles. The molecule has 0 saturated carbocycles. The van der Waals surface area contributed by atoms with E-state index in [1.807, 2.05) is 0 Å². The van der Waals surface area contributed by atoms with Crippen LogP contribution in [0.2, 0.25) is 0 Å². The fraction of sp³-hybridized carbons (Fsp3) is 0.294. The number of aromatic nitrogens is 4. The normalized spacial score (nSPS) is 11.1. The molecule has 2 aromatic heterocycles. The summed E-state index contributed by atoms with van der Waals surface area (Å²) in [6.45, 7) is -0.138. The van der Waals surface area contributed by atoms with Crippen molar-refractivity contribution in [1.82, 2.24) is 18.7 Å². The van der Waals surface area contributed by atoms with Gasteiger partial charge >= 0.3 is 11.7 Å². The minimum absolute atomic E-state index is 0.00576. The average Bonchev–Trinajstić information content (AvgIpc) is 3.01. The SMILES string of the molecule is Cn1cnc2c1c(=O)n(CCCOC(=O)c1ccc(F)cc1F)c(=O)n2C. The number of carbonyl (C=O) groups is 1. The molecule has 0 N–H and O–H groups in total. The predicted octanol–water partition coefficient (Wildman–Crippen LogP) is 0.959. The highest BCUT2D eigenvalue weighted by Crippen LogP contribution is 2.11. The highest BCUT2D eigenvalue weighted by Gasteiger charge is 2.16. The standard InChI is InChI=1S/C17H16F2N4O4/c1-21-9-20-14-13(21)15(24)23(17(26)22(14)2)6-3-7-27-16(25)11-5-4-10(18)8-12(11)19/h4-5,8-9H,3,6-7H2,1-2H3. The van der Waals surface area contributed by atoms with Crippen molar-refractivity contribution in [2.24, 2.45) is 14.1 Å². The van der Waals surface area contributed by atoms with Crippen LogP contribution in [0.3, 0.4) is 0 Å². The Hall–Kier alpha value is -3.30. The van der Waals surface area contributed by atoms with E-state index in [9.17, 15) is 23.2 Å². The van der Waals surface area contributed by atoms with Crippen LogP contribution in [0.5, 0.6) is 0 Å². The molecule has 3 aromatic rings. The van der Waals surface area contributed by atoms with Gasteiger partial charge in [-0.3, -0.25) is 13.9 Å². The van der Waals surface area contributed by atoms with E-state index in [1.54, 1.807) is 7.05 Å². The fourth-order valence-corrected chi connectivity index (χ4v) is 2.71. The van der Waals surface area contributed by atoms with Gasteiger partial charge in [-0.15, -0.1) is 0 Å². The van der Waals surface area contributed by atoms with Gasteiger partial charge in [0.05, 0.1) is 18.5 Å². The quantitative estimate of drug-likeness (QED) is 0.487. The summed E-state index contributed by atoms with van der Waals surface area (Å²) in [6, 6.07) is 2.53. The molecule has 27 heavy (non-hydrogen) atoms. The molecule has 142 valence electrons. The molecule has 0 bridgehead atoms. The Labute approximate surface area is 151 Å². The van der Waals surface area contributed by atoms with Crippen LogP contribution < -0.4 is 11.2 Å². The fourth-order valence-electron chi connectivity index (χ4n) is 2.71. The zero-order valence-electron chi connectivity index (χ0n) is 14.6. The highest BCUT2D eigenvalue weighted by atomic mass is 19.1. The van der Waals surface area contributed by atoms with Crippen LogP contribution in [-0.4, -0.2) is 31.3 Å². The van der Waals surface area contributed by atoms with Gasteiger partial charge in [0.25, 0.3) is 5.56 Å². The lowest BCUT2D eigenvalue weighted by atomic mass is 10.2. The van der Waals surface area contributed by atoms with Crippen LogP contribution >= 0.6 is 0 Å². The second-order valence-electron chi connectivity index (χ2n) is 5.94. The molecule has 0 fully saturated rings. The molecule has 0 aliphatic rings. The van der Waals surface area contributed by atoms with E-state index < -0.39 is 28.9 Å². The van der Waals surface area contributed by atoms with Gasteiger partial charge in [-0.05, 0) is 18.6 Å². The van der Waals surface area contributed by atoms with Gasteiger partial charge in [-0.1, -0.05) is 0 Å². The van der Waals surface area contributed by atoms with Crippen molar-refractivity contribution >= 4 is 17.1 Å². The lowest BCUT2D eigenvalue weighted by Gasteiger charge is -2.09. The Bertz CT molecular complexity index is 1150. The Balaban J connectivity index is 1.71. The summed E-state index contributed by atoms with van der Waals surface area (Å²) in [4.78, 5) is 40.7. The van der Waals surface area contributed by atoms with Gasteiger partial charge in [0.15, 0.2) is 11.2 Å². The summed E-state index contributed by atoms with van der Waals surface area (Å²) in [7, 11) is 3.15. The van der Waals surface area contributed by atoms with E-state index in [1.165, 1.54) is 22.5 Å². The molecule has 8 nitrogen and oxygen atoms in total. The van der Waals surface area contributed by atoms with Gasteiger partial charge in [-0.25, -0.2) is 23.4 Å². The molecular weight excluding hydrogens is 362 g/mol. The number of hydrogen-bond donors (Lipinski definition) is 0. The zero-order chi connectivity index (χ0) is 19.7. The molecule has 0 spiro atoms. The summed E-state index contributed by atoms with van der Waals surface area (Å²) in [5.41, 5.74) is -0.865. The van der Waals surface area contributed by atoms with Crippen LogP contribution in [0.15, 0.2) is 34.1 Å². The van der Waals surface area contributed by atoms with Crippen molar-refractivity contribution in [3.05, 3.63) is 62.6 Å². The zero-order valence-corrected chi connectivity index (χ0v) is 14.6. The first-order valence-electron chi connectivity index (χ1n) is 8.04. The maximum atomic E-state index is 13.5. The lowest BCUT2D eigenvalue weighted by molar-refractivity contribution is 0.0490. The van der Waals surface area contributed by atoms with Crippen molar-refractivity contribution in [3.8, 4) is 0 Å². The van der Waals surface area contributed by atoms with Crippen LogP contribution in [-0.2, 0) is 25.4 Å². The summed E-state index contributed by atoms with van der Waals surface area (Å²) < 4.78 is 35.1. The van der Waals surface area contributed by atoms with E-state index in [2.05, 4.69) is 4.98 Å². The number of aryl methyl sites for hydroxylation is 2. The van der Waals surface area contributed by atoms with E-state index in [-0.39, 0.29) is 36.3 Å². The molecule has 1 aromatic carbocycles. The van der Waals surface area contributed by atoms with Gasteiger partial charge in [0.2, 0.25) is 0 Å². The molecule has 0 radical (unpaired) electrons. The number of benzene rings is 1. The summed E-state index contributed by atoms with van der Waals surface area (Å²) in [6.07, 6.45) is 1.60. The smallest absolute Gasteiger partial charge is 0.341 e. The molecule has 0 aliphatic carbocycles. The molecule has 10 heteroatoms. The summed E-state index contributed by atoms with van der Waals surface area (Å²) in [5.74, 6) is -2.77. The molecule has 0 aliphatic heterocycles.